The van der Waals surface area contributed by atoms with E-state index in [4.69, 9.17) is 4.42 Å². The summed E-state index contributed by atoms with van der Waals surface area (Å²) in [7, 11) is 1.92. The predicted octanol–water partition coefficient (Wildman–Crippen LogP) is 3.82. The van der Waals surface area contributed by atoms with Crippen LogP contribution in [-0.4, -0.2) is 27.1 Å². The van der Waals surface area contributed by atoms with E-state index in [1.54, 1.807) is 0 Å². The lowest BCUT2D eigenvalue weighted by Gasteiger charge is -2.22. The summed E-state index contributed by atoms with van der Waals surface area (Å²) < 4.78 is 7.61. The lowest BCUT2D eigenvalue weighted by atomic mass is 10.1. The first kappa shape index (κ1) is 14.5. The van der Waals surface area contributed by atoms with Crippen molar-refractivity contribution in [1.82, 2.24) is 14.7 Å². The highest BCUT2D eigenvalue weighted by Crippen LogP contribution is 2.36. The molecule has 0 bridgehead atoms. The molecular formula is C17H19N3O2S. The first-order valence-electron chi connectivity index (χ1n) is 7.85. The molecular weight excluding hydrogens is 310 g/mol. The van der Waals surface area contributed by atoms with Gasteiger partial charge in [-0.05, 0) is 44.9 Å². The maximum atomic E-state index is 13.0. The van der Waals surface area contributed by atoms with E-state index >= 15 is 0 Å². The van der Waals surface area contributed by atoms with Crippen LogP contribution in [-0.2, 0) is 7.05 Å². The second-order valence-electron chi connectivity index (χ2n) is 6.14. The Morgan fingerprint density at radius 3 is 2.91 bits per heavy atom. The van der Waals surface area contributed by atoms with Gasteiger partial charge in [-0.2, -0.15) is 5.10 Å². The summed E-state index contributed by atoms with van der Waals surface area (Å²) >= 11 is 1.52. The Morgan fingerprint density at radius 2 is 2.22 bits per heavy atom. The standard InChI is InChI=1S/C17H19N3O2S/c1-10-6-7-14(22-10)13-5-4-8-20(13)16(21)15-9-12-11(2)18-19(3)17(12)23-15/h6-7,9,13H,4-5,8H2,1-3H3/t13-/m0/s1. The maximum absolute atomic E-state index is 13.0. The molecule has 5 nitrogen and oxygen atoms in total. The summed E-state index contributed by atoms with van der Waals surface area (Å²) in [5, 5.41) is 5.48. The van der Waals surface area contributed by atoms with Crippen LogP contribution in [0.5, 0.6) is 0 Å². The summed E-state index contributed by atoms with van der Waals surface area (Å²) in [5.41, 5.74) is 0.970. The van der Waals surface area contributed by atoms with E-state index < -0.39 is 0 Å². The van der Waals surface area contributed by atoms with Crippen LogP contribution in [0.15, 0.2) is 22.6 Å². The molecule has 1 amide bonds. The molecule has 120 valence electrons. The fourth-order valence-electron chi connectivity index (χ4n) is 3.39. The molecule has 1 aliphatic heterocycles. The van der Waals surface area contributed by atoms with Crippen molar-refractivity contribution >= 4 is 27.5 Å². The third-order valence-corrected chi connectivity index (χ3v) is 5.70. The van der Waals surface area contributed by atoms with Gasteiger partial charge in [0, 0.05) is 19.0 Å². The molecule has 0 radical (unpaired) electrons. The lowest BCUT2D eigenvalue weighted by Crippen LogP contribution is -2.29. The van der Waals surface area contributed by atoms with Gasteiger partial charge in [0.05, 0.1) is 16.6 Å². The average molecular weight is 329 g/mol. The number of fused-ring (bicyclic) bond motifs is 1. The minimum Gasteiger partial charge on any atom is -0.464 e. The Morgan fingerprint density at radius 1 is 1.39 bits per heavy atom. The van der Waals surface area contributed by atoms with Gasteiger partial charge in [0.25, 0.3) is 5.91 Å². The zero-order chi connectivity index (χ0) is 16.1. The second kappa shape index (κ2) is 5.23. The number of likely N-dealkylation sites (tertiary alicyclic amines) is 1. The number of hydrogen-bond acceptors (Lipinski definition) is 4. The lowest BCUT2D eigenvalue weighted by molar-refractivity contribution is 0.0724. The van der Waals surface area contributed by atoms with Crippen molar-refractivity contribution in [2.45, 2.75) is 32.7 Å². The number of aryl methyl sites for hydroxylation is 3. The van der Waals surface area contributed by atoms with Gasteiger partial charge in [-0.15, -0.1) is 11.3 Å². The SMILES string of the molecule is Cc1ccc([C@@H]2CCCN2C(=O)c2cc3c(C)nn(C)c3s2)o1. The molecule has 1 saturated heterocycles. The van der Waals surface area contributed by atoms with Crippen LogP contribution in [0.2, 0.25) is 0 Å². The first-order valence-corrected chi connectivity index (χ1v) is 8.66. The summed E-state index contributed by atoms with van der Waals surface area (Å²) in [6.07, 6.45) is 1.98. The maximum Gasteiger partial charge on any atom is 0.264 e. The van der Waals surface area contributed by atoms with Crippen LogP contribution in [0.1, 0.15) is 45.8 Å². The highest BCUT2D eigenvalue weighted by Gasteiger charge is 2.33. The number of nitrogens with zero attached hydrogens (tertiary/aromatic N) is 3. The highest BCUT2D eigenvalue weighted by molar-refractivity contribution is 7.20. The van der Waals surface area contributed by atoms with Gasteiger partial charge < -0.3 is 9.32 Å². The molecule has 1 aliphatic rings. The molecule has 0 aliphatic carbocycles. The molecule has 3 aromatic heterocycles. The predicted molar refractivity (Wildman–Crippen MR) is 89.8 cm³/mol. The first-order chi connectivity index (χ1) is 11.0. The Labute approximate surface area is 138 Å². The molecule has 0 aromatic carbocycles. The van der Waals surface area contributed by atoms with Crippen molar-refractivity contribution in [3.8, 4) is 0 Å². The van der Waals surface area contributed by atoms with Gasteiger partial charge >= 0.3 is 0 Å². The molecule has 0 saturated carbocycles. The van der Waals surface area contributed by atoms with Crippen LogP contribution in [0.4, 0.5) is 0 Å². The van der Waals surface area contributed by atoms with Crippen molar-refractivity contribution in [2.75, 3.05) is 6.54 Å². The fraction of sp³-hybridized carbons (Fsp3) is 0.412. The van der Waals surface area contributed by atoms with E-state index in [0.717, 1.165) is 51.7 Å². The van der Waals surface area contributed by atoms with E-state index in [0.29, 0.717) is 0 Å². The number of amides is 1. The average Bonchev–Trinajstić information content (AvgIpc) is 3.26. The van der Waals surface area contributed by atoms with Gasteiger partial charge in [0.1, 0.15) is 16.4 Å². The van der Waals surface area contributed by atoms with Crippen molar-refractivity contribution in [2.24, 2.45) is 7.05 Å². The molecule has 0 spiro atoms. The minimum absolute atomic E-state index is 0.0561. The Hall–Kier alpha value is -2.08. The molecule has 0 N–H and O–H groups in total. The number of rotatable bonds is 2. The molecule has 1 fully saturated rings. The van der Waals surface area contributed by atoms with Crippen molar-refractivity contribution in [3.05, 3.63) is 40.3 Å². The van der Waals surface area contributed by atoms with E-state index in [2.05, 4.69) is 5.10 Å². The number of hydrogen-bond donors (Lipinski definition) is 0. The van der Waals surface area contributed by atoms with Gasteiger partial charge in [-0.3, -0.25) is 9.48 Å². The third kappa shape index (κ3) is 2.28. The van der Waals surface area contributed by atoms with E-state index in [9.17, 15) is 4.79 Å². The molecule has 4 heterocycles. The number of furan rings is 1. The zero-order valence-electron chi connectivity index (χ0n) is 13.5. The second-order valence-corrected chi connectivity index (χ2v) is 7.17. The Bertz CT molecular complexity index is 855. The molecule has 23 heavy (non-hydrogen) atoms. The summed E-state index contributed by atoms with van der Waals surface area (Å²) in [6, 6.07) is 5.99. The van der Waals surface area contributed by atoms with Gasteiger partial charge in [0.2, 0.25) is 0 Å². The normalized spacial score (nSPS) is 18.2. The van der Waals surface area contributed by atoms with Gasteiger partial charge in [0.15, 0.2) is 0 Å². The quantitative estimate of drug-likeness (QED) is 0.718. The van der Waals surface area contributed by atoms with Crippen LogP contribution in [0.25, 0.3) is 10.2 Å². The van der Waals surface area contributed by atoms with Crippen molar-refractivity contribution in [3.63, 3.8) is 0 Å². The Kier molecular flexibility index (Phi) is 3.30. The fourth-order valence-corrected chi connectivity index (χ4v) is 4.47. The summed E-state index contributed by atoms with van der Waals surface area (Å²) in [6.45, 7) is 4.70. The topological polar surface area (TPSA) is 51.3 Å². The third-order valence-electron chi connectivity index (χ3n) is 4.51. The van der Waals surface area contributed by atoms with Crippen LogP contribution < -0.4 is 0 Å². The molecule has 4 rings (SSSR count). The highest BCUT2D eigenvalue weighted by atomic mass is 32.1. The van der Waals surface area contributed by atoms with Gasteiger partial charge in [-0.1, -0.05) is 0 Å². The van der Waals surface area contributed by atoms with Gasteiger partial charge in [-0.25, -0.2) is 0 Å². The molecule has 0 unspecified atom stereocenters. The number of aromatic nitrogens is 2. The van der Waals surface area contributed by atoms with Crippen molar-refractivity contribution < 1.29 is 9.21 Å². The molecule has 3 aromatic rings. The Balaban J connectivity index is 1.67. The van der Waals surface area contributed by atoms with Crippen LogP contribution in [0, 0.1) is 13.8 Å². The number of carbonyl (C=O) groups is 1. The van der Waals surface area contributed by atoms with Crippen molar-refractivity contribution in [1.29, 1.82) is 0 Å². The summed E-state index contributed by atoms with van der Waals surface area (Å²) in [4.78, 5) is 16.8. The minimum atomic E-state index is 0.0561. The summed E-state index contributed by atoms with van der Waals surface area (Å²) in [5.74, 6) is 1.89. The molecule has 6 heteroatoms. The zero-order valence-corrected chi connectivity index (χ0v) is 14.3. The van der Waals surface area contributed by atoms with Crippen LogP contribution >= 0.6 is 11.3 Å². The smallest absolute Gasteiger partial charge is 0.264 e. The van der Waals surface area contributed by atoms with Crippen LogP contribution in [0.3, 0.4) is 0 Å². The number of carbonyl (C=O) groups excluding carboxylic acids is 1. The van der Waals surface area contributed by atoms with E-state index in [-0.39, 0.29) is 11.9 Å². The largest absolute Gasteiger partial charge is 0.464 e. The number of thiophene rings is 1. The molecule has 1 atom stereocenters. The van der Waals surface area contributed by atoms with E-state index in [1.165, 1.54) is 11.3 Å². The monoisotopic (exact) mass is 329 g/mol. The van der Waals surface area contributed by atoms with E-state index in [1.807, 2.05) is 48.7 Å².